The molecule has 0 radical (unpaired) electrons. The highest BCUT2D eigenvalue weighted by molar-refractivity contribution is 7.89. The fourth-order valence-corrected chi connectivity index (χ4v) is 7.12. The third-order valence-corrected chi connectivity index (χ3v) is 9.95. The first kappa shape index (κ1) is 31.1. The number of nitrogens with one attached hydrogen (secondary N) is 1. The van der Waals surface area contributed by atoms with Crippen LogP contribution in [0.3, 0.4) is 0 Å². The molecule has 1 aliphatic rings. The van der Waals surface area contributed by atoms with Gasteiger partial charge in [-0.2, -0.15) is 4.31 Å². The number of rotatable bonds is 10. The van der Waals surface area contributed by atoms with E-state index in [0.717, 1.165) is 38.9 Å². The Balaban J connectivity index is 1.56. The summed E-state index contributed by atoms with van der Waals surface area (Å²) in [5, 5.41) is 11.2. The second-order valence-corrected chi connectivity index (χ2v) is 12.9. The van der Waals surface area contributed by atoms with Gasteiger partial charge in [0.15, 0.2) is 0 Å². The fraction of sp³-hybridized carbons (Fsp3) is 0.387. The number of amides is 2. The summed E-state index contributed by atoms with van der Waals surface area (Å²) in [5.74, 6) is -1.28. The van der Waals surface area contributed by atoms with Crippen LogP contribution in [0.1, 0.15) is 60.4 Å². The van der Waals surface area contributed by atoms with E-state index in [-0.39, 0.29) is 48.8 Å². The van der Waals surface area contributed by atoms with Crippen LogP contribution < -0.4 is 15.8 Å². The number of nitrogens with two attached hydrogens (primary N) is 1. The molecule has 12 nitrogen and oxygen atoms in total. The molecule has 1 aliphatic heterocycles. The molecule has 2 aromatic heterocycles. The predicted octanol–water partition coefficient (Wildman–Crippen LogP) is 2.95. The van der Waals surface area contributed by atoms with Crippen molar-refractivity contribution in [2.24, 2.45) is 5.73 Å². The van der Waals surface area contributed by atoms with E-state index in [2.05, 4.69) is 20.6 Å². The van der Waals surface area contributed by atoms with Gasteiger partial charge in [0.25, 0.3) is 0 Å². The summed E-state index contributed by atoms with van der Waals surface area (Å²) in [4.78, 5) is 28.6. The number of aryl methyl sites for hydroxylation is 3. The molecule has 2 aromatic carbocycles. The molecule has 0 unspecified atom stereocenters. The number of nitrogens with zero attached hydrogens (tertiary/aromatic N) is 5. The van der Waals surface area contributed by atoms with Crippen molar-refractivity contribution in [1.29, 1.82) is 0 Å². The van der Waals surface area contributed by atoms with Crippen LogP contribution in [0, 0.1) is 13.8 Å². The Morgan fingerprint density at radius 2 is 1.95 bits per heavy atom. The molecular weight excluding hydrogens is 582 g/mol. The molecule has 0 aliphatic carbocycles. The second-order valence-electron chi connectivity index (χ2n) is 11.0. The molecule has 3 heterocycles. The number of benzene rings is 2. The van der Waals surface area contributed by atoms with Gasteiger partial charge in [-0.1, -0.05) is 36.4 Å². The molecule has 4 aromatic rings. The zero-order valence-electron chi connectivity index (χ0n) is 25.3. The van der Waals surface area contributed by atoms with E-state index in [4.69, 9.17) is 10.5 Å². The van der Waals surface area contributed by atoms with Crippen molar-refractivity contribution in [3.8, 4) is 5.88 Å². The molecule has 0 bridgehead atoms. The average molecular weight is 620 g/mol. The van der Waals surface area contributed by atoms with Crippen molar-refractivity contribution in [2.75, 3.05) is 13.1 Å². The Kier molecular flexibility index (Phi) is 8.97. The summed E-state index contributed by atoms with van der Waals surface area (Å²) in [6.45, 7) is 8.50. The lowest BCUT2D eigenvalue weighted by Crippen LogP contribution is -2.36. The maximum absolute atomic E-state index is 13.8. The summed E-state index contributed by atoms with van der Waals surface area (Å²) in [5.41, 5.74) is 11.2. The fourth-order valence-electron chi connectivity index (χ4n) is 5.60. The summed E-state index contributed by atoms with van der Waals surface area (Å²) in [6, 6.07) is 12.9. The molecule has 0 saturated heterocycles. The van der Waals surface area contributed by atoms with Crippen molar-refractivity contribution in [2.45, 2.75) is 70.5 Å². The van der Waals surface area contributed by atoms with E-state index in [1.54, 1.807) is 6.07 Å². The van der Waals surface area contributed by atoms with E-state index < -0.39 is 21.8 Å². The van der Waals surface area contributed by atoms with Gasteiger partial charge < -0.3 is 15.8 Å². The quantitative estimate of drug-likeness (QED) is 0.274. The number of pyridine rings is 1. The Morgan fingerprint density at radius 3 is 2.68 bits per heavy atom. The van der Waals surface area contributed by atoms with E-state index >= 15 is 0 Å². The van der Waals surface area contributed by atoms with Crippen LogP contribution in [0.25, 0.3) is 11.0 Å². The standard InChI is InChI=1S/C31H37N7O5S/c1-5-23-18-37(44(41,42)27-8-7-13-33-31(27)43-23)17-22-14-21(10-9-19(22)3)25(15-29(40)34-16-28(32)39)24-11-12-26-30(20(24)4)35-36-38(26)6-2/h7-14,23,25H,5-6,15-18H2,1-4H3,(H2,32,39)(H,34,40)/t23-,25+/m1/s1. The van der Waals surface area contributed by atoms with E-state index in [1.807, 2.05) is 62.7 Å². The van der Waals surface area contributed by atoms with Gasteiger partial charge in [0.2, 0.25) is 27.7 Å². The van der Waals surface area contributed by atoms with Crippen LogP contribution in [0.2, 0.25) is 0 Å². The van der Waals surface area contributed by atoms with Crippen LogP contribution in [-0.2, 0) is 32.7 Å². The van der Waals surface area contributed by atoms with Crippen LogP contribution in [0.4, 0.5) is 0 Å². The van der Waals surface area contributed by atoms with Crippen LogP contribution in [0.15, 0.2) is 53.6 Å². The number of sulfonamides is 1. The summed E-state index contributed by atoms with van der Waals surface area (Å²) >= 11 is 0. The number of carbonyl (C=O) groups excluding carboxylic acids is 2. The Labute approximate surface area is 256 Å². The van der Waals surface area contributed by atoms with Crippen LogP contribution in [-0.4, -0.2) is 63.7 Å². The minimum atomic E-state index is -3.91. The highest BCUT2D eigenvalue weighted by atomic mass is 32.2. The first-order chi connectivity index (χ1) is 21.0. The normalized spacial score (nSPS) is 17.0. The highest BCUT2D eigenvalue weighted by Crippen LogP contribution is 2.36. The van der Waals surface area contributed by atoms with E-state index in [0.29, 0.717) is 13.0 Å². The monoisotopic (exact) mass is 619 g/mol. The van der Waals surface area contributed by atoms with Gasteiger partial charge in [-0.3, -0.25) is 9.59 Å². The topological polar surface area (TPSA) is 162 Å². The first-order valence-electron chi connectivity index (χ1n) is 14.6. The Bertz CT molecular complexity index is 1820. The Hall–Kier alpha value is -4.36. The van der Waals surface area contributed by atoms with Crippen molar-refractivity contribution in [1.82, 2.24) is 29.6 Å². The minimum absolute atomic E-state index is 0.0385. The highest BCUT2D eigenvalue weighted by Gasteiger charge is 2.35. The molecule has 232 valence electrons. The second kappa shape index (κ2) is 12.7. The number of hydrogen-bond donors (Lipinski definition) is 2. The number of ether oxygens (including phenoxy) is 1. The maximum Gasteiger partial charge on any atom is 0.248 e. The smallest absolute Gasteiger partial charge is 0.248 e. The van der Waals surface area contributed by atoms with Gasteiger partial charge in [-0.05, 0) is 73.2 Å². The molecule has 0 spiro atoms. The van der Waals surface area contributed by atoms with Gasteiger partial charge in [-0.15, -0.1) is 5.10 Å². The average Bonchev–Trinajstić information content (AvgIpc) is 3.39. The van der Waals surface area contributed by atoms with Gasteiger partial charge in [0.1, 0.15) is 16.5 Å². The molecule has 3 N–H and O–H groups in total. The molecule has 13 heteroatoms. The SMILES string of the molecule is CC[C@@H]1CN(Cc2cc([C@H](CC(=O)NCC(N)=O)c3ccc4c(nnn4CC)c3C)ccc2C)S(=O)(=O)c2cccnc2O1. The van der Waals surface area contributed by atoms with Crippen molar-refractivity contribution in [3.63, 3.8) is 0 Å². The van der Waals surface area contributed by atoms with Crippen molar-refractivity contribution in [3.05, 3.63) is 76.5 Å². The number of primary amides is 1. The van der Waals surface area contributed by atoms with Gasteiger partial charge >= 0.3 is 0 Å². The third-order valence-electron chi connectivity index (χ3n) is 8.12. The molecule has 2 atom stereocenters. The van der Waals surface area contributed by atoms with Gasteiger partial charge in [-0.25, -0.2) is 18.1 Å². The number of carbonyl (C=O) groups is 2. The third kappa shape index (κ3) is 6.15. The molecule has 0 fully saturated rings. The number of hydrogen-bond acceptors (Lipinski definition) is 8. The van der Waals surface area contributed by atoms with Crippen molar-refractivity contribution >= 4 is 32.9 Å². The number of fused-ring (bicyclic) bond motifs is 2. The molecule has 0 saturated carbocycles. The lowest BCUT2D eigenvalue weighted by molar-refractivity contribution is -0.124. The molecule has 2 amide bonds. The number of aromatic nitrogens is 4. The molecule has 44 heavy (non-hydrogen) atoms. The molecular formula is C31H37N7O5S. The predicted molar refractivity (Wildman–Crippen MR) is 164 cm³/mol. The summed E-state index contributed by atoms with van der Waals surface area (Å²) in [7, 11) is -3.91. The van der Waals surface area contributed by atoms with Crippen LogP contribution >= 0.6 is 0 Å². The van der Waals surface area contributed by atoms with Gasteiger partial charge in [0, 0.05) is 31.6 Å². The van der Waals surface area contributed by atoms with Crippen molar-refractivity contribution < 1.29 is 22.7 Å². The first-order valence-corrected chi connectivity index (χ1v) is 16.1. The lowest BCUT2D eigenvalue weighted by Gasteiger charge is -2.25. The van der Waals surface area contributed by atoms with Gasteiger partial charge in [0.05, 0.1) is 18.6 Å². The minimum Gasteiger partial charge on any atom is -0.472 e. The summed E-state index contributed by atoms with van der Waals surface area (Å²) < 4.78 is 36.9. The maximum atomic E-state index is 13.8. The summed E-state index contributed by atoms with van der Waals surface area (Å²) in [6.07, 6.45) is 1.80. The Morgan fingerprint density at radius 1 is 1.16 bits per heavy atom. The van der Waals surface area contributed by atoms with E-state index in [9.17, 15) is 18.0 Å². The zero-order valence-corrected chi connectivity index (χ0v) is 26.1. The zero-order chi connectivity index (χ0) is 31.6. The lowest BCUT2D eigenvalue weighted by atomic mass is 9.84. The molecule has 5 rings (SSSR count). The largest absolute Gasteiger partial charge is 0.472 e. The van der Waals surface area contributed by atoms with E-state index in [1.165, 1.54) is 16.6 Å². The van der Waals surface area contributed by atoms with Crippen LogP contribution in [0.5, 0.6) is 5.88 Å².